The molecule has 3 heteroatoms. The van der Waals surface area contributed by atoms with Gasteiger partial charge in [0, 0.05) is 5.56 Å². The van der Waals surface area contributed by atoms with Gasteiger partial charge in [-0.25, -0.2) is 5.26 Å². The fourth-order valence-corrected chi connectivity index (χ4v) is 1.51. The molecule has 0 aliphatic carbocycles. The summed E-state index contributed by atoms with van der Waals surface area (Å²) >= 11 is 0. The Morgan fingerprint density at radius 3 is 2.28 bits per heavy atom. The van der Waals surface area contributed by atoms with Crippen LogP contribution in [-0.2, 0) is 0 Å². The number of allylic oxidation sites excluding steroid dienone is 1. The topological polar surface area (TPSA) is 46.5 Å². The molecule has 0 amide bonds. The Bertz CT molecular complexity index is 542. The van der Waals surface area contributed by atoms with Crippen LogP contribution in [0.15, 0.2) is 60.7 Å². The van der Waals surface area contributed by atoms with E-state index in [9.17, 15) is 4.79 Å². The summed E-state index contributed by atoms with van der Waals surface area (Å²) in [7, 11) is 0. The van der Waals surface area contributed by atoms with E-state index < -0.39 is 0 Å². The first kappa shape index (κ1) is 12.1. The number of hydrogen-bond donors (Lipinski definition) is 1. The number of carbonyl (C=O) groups is 1. The van der Waals surface area contributed by atoms with Crippen molar-refractivity contribution in [2.75, 3.05) is 0 Å². The Balaban J connectivity index is 2.09. The van der Waals surface area contributed by atoms with Crippen molar-refractivity contribution in [1.29, 1.82) is 0 Å². The molecule has 18 heavy (non-hydrogen) atoms. The summed E-state index contributed by atoms with van der Waals surface area (Å²) in [6, 6.07) is 15.9. The number of benzene rings is 2. The molecule has 0 radical (unpaired) electrons. The largest absolute Gasteiger partial charge is 0.340 e. The van der Waals surface area contributed by atoms with E-state index in [0.29, 0.717) is 11.3 Å². The van der Waals surface area contributed by atoms with Gasteiger partial charge in [-0.05, 0) is 35.9 Å². The molecule has 0 saturated carbocycles. The van der Waals surface area contributed by atoms with E-state index in [1.165, 1.54) is 18.2 Å². The molecular formula is C15H12O3. The third-order valence-electron chi connectivity index (χ3n) is 2.47. The first-order chi connectivity index (χ1) is 8.79. The average molecular weight is 240 g/mol. The Labute approximate surface area is 105 Å². The summed E-state index contributed by atoms with van der Waals surface area (Å²) in [4.78, 5) is 15.9. The van der Waals surface area contributed by atoms with E-state index in [2.05, 4.69) is 4.89 Å². The SMILES string of the molecule is O=C(C=Cc1ccccc1)c1ccc(OO)cc1. The maximum atomic E-state index is 11.8. The van der Waals surface area contributed by atoms with Gasteiger partial charge in [0.1, 0.15) is 0 Å². The van der Waals surface area contributed by atoms with Gasteiger partial charge in [-0.2, -0.15) is 0 Å². The summed E-state index contributed by atoms with van der Waals surface area (Å²) in [6.45, 7) is 0. The summed E-state index contributed by atoms with van der Waals surface area (Å²) in [5.41, 5.74) is 1.52. The Hall–Kier alpha value is -2.39. The first-order valence-corrected chi connectivity index (χ1v) is 5.48. The maximum absolute atomic E-state index is 11.8. The van der Waals surface area contributed by atoms with E-state index in [0.717, 1.165) is 5.56 Å². The number of ketones is 1. The highest BCUT2D eigenvalue weighted by molar-refractivity contribution is 6.06. The van der Waals surface area contributed by atoms with Gasteiger partial charge in [0.2, 0.25) is 0 Å². The lowest BCUT2D eigenvalue weighted by molar-refractivity contribution is -0.137. The van der Waals surface area contributed by atoms with Crippen LogP contribution >= 0.6 is 0 Å². The highest BCUT2D eigenvalue weighted by atomic mass is 17.1. The molecule has 3 nitrogen and oxygen atoms in total. The lowest BCUT2D eigenvalue weighted by Gasteiger charge is -1.98. The van der Waals surface area contributed by atoms with Crippen molar-refractivity contribution in [3.05, 3.63) is 71.8 Å². The molecule has 0 fully saturated rings. The molecule has 0 atom stereocenters. The fraction of sp³-hybridized carbons (Fsp3) is 0. The van der Waals surface area contributed by atoms with Crippen molar-refractivity contribution >= 4 is 11.9 Å². The zero-order chi connectivity index (χ0) is 12.8. The zero-order valence-electron chi connectivity index (χ0n) is 9.61. The van der Waals surface area contributed by atoms with E-state index in [1.54, 1.807) is 18.2 Å². The smallest absolute Gasteiger partial charge is 0.185 e. The van der Waals surface area contributed by atoms with Gasteiger partial charge >= 0.3 is 0 Å². The van der Waals surface area contributed by atoms with Crippen molar-refractivity contribution in [2.45, 2.75) is 0 Å². The van der Waals surface area contributed by atoms with Crippen molar-refractivity contribution in [3.63, 3.8) is 0 Å². The molecule has 0 spiro atoms. The lowest BCUT2D eigenvalue weighted by atomic mass is 10.1. The normalized spacial score (nSPS) is 10.5. The highest BCUT2D eigenvalue weighted by Crippen LogP contribution is 2.12. The molecule has 0 saturated heterocycles. The van der Waals surface area contributed by atoms with Gasteiger partial charge < -0.3 is 4.89 Å². The summed E-state index contributed by atoms with van der Waals surface area (Å²) in [5.74, 6) is 0.210. The monoisotopic (exact) mass is 240 g/mol. The zero-order valence-corrected chi connectivity index (χ0v) is 9.61. The molecule has 0 bridgehead atoms. The van der Waals surface area contributed by atoms with Crippen LogP contribution < -0.4 is 4.89 Å². The van der Waals surface area contributed by atoms with Gasteiger partial charge in [0.15, 0.2) is 11.5 Å². The van der Waals surface area contributed by atoms with E-state index in [-0.39, 0.29) is 5.78 Å². The van der Waals surface area contributed by atoms with Gasteiger partial charge in [0.05, 0.1) is 0 Å². The van der Waals surface area contributed by atoms with Crippen LogP contribution in [-0.4, -0.2) is 11.0 Å². The molecule has 1 N–H and O–H groups in total. The fourth-order valence-electron chi connectivity index (χ4n) is 1.51. The summed E-state index contributed by atoms with van der Waals surface area (Å²) < 4.78 is 0. The van der Waals surface area contributed by atoms with E-state index >= 15 is 0 Å². The molecular weight excluding hydrogens is 228 g/mol. The molecule has 0 heterocycles. The molecule has 0 unspecified atom stereocenters. The Kier molecular flexibility index (Phi) is 3.89. The van der Waals surface area contributed by atoms with Crippen LogP contribution in [0.1, 0.15) is 15.9 Å². The molecule has 0 aromatic heterocycles. The molecule has 2 rings (SSSR count). The Morgan fingerprint density at radius 2 is 1.67 bits per heavy atom. The van der Waals surface area contributed by atoms with Crippen LogP contribution in [0.3, 0.4) is 0 Å². The van der Waals surface area contributed by atoms with Crippen LogP contribution in [0.4, 0.5) is 0 Å². The predicted molar refractivity (Wildman–Crippen MR) is 69.5 cm³/mol. The van der Waals surface area contributed by atoms with Crippen molar-refractivity contribution in [1.82, 2.24) is 0 Å². The average Bonchev–Trinajstić information content (AvgIpc) is 2.46. The van der Waals surface area contributed by atoms with Gasteiger partial charge in [-0.3, -0.25) is 4.79 Å². The van der Waals surface area contributed by atoms with Crippen molar-refractivity contribution in [3.8, 4) is 5.75 Å². The molecule has 0 aliphatic heterocycles. The second-order valence-electron chi connectivity index (χ2n) is 3.72. The second-order valence-corrected chi connectivity index (χ2v) is 3.72. The van der Waals surface area contributed by atoms with Gasteiger partial charge in [0.25, 0.3) is 0 Å². The number of rotatable bonds is 4. The maximum Gasteiger partial charge on any atom is 0.185 e. The van der Waals surface area contributed by atoms with E-state index in [1.807, 2.05) is 30.3 Å². The minimum Gasteiger partial charge on any atom is -0.340 e. The van der Waals surface area contributed by atoms with Crippen molar-refractivity contribution < 1.29 is 14.9 Å². The third-order valence-corrected chi connectivity index (χ3v) is 2.47. The van der Waals surface area contributed by atoms with Crippen molar-refractivity contribution in [2.24, 2.45) is 0 Å². The molecule has 2 aromatic rings. The van der Waals surface area contributed by atoms with Gasteiger partial charge in [-0.15, -0.1) is 0 Å². The van der Waals surface area contributed by atoms with Crippen LogP contribution in [0, 0.1) is 0 Å². The quantitative estimate of drug-likeness (QED) is 0.385. The standard InChI is InChI=1S/C15H12O3/c16-15(11-6-12-4-2-1-3-5-12)13-7-9-14(18-17)10-8-13/h1-11,17H. The molecule has 90 valence electrons. The van der Waals surface area contributed by atoms with Gasteiger partial charge in [-0.1, -0.05) is 36.4 Å². The Morgan fingerprint density at radius 1 is 1.00 bits per heavy atom. The van der Waals surface area contributed by atoms with E-state index in [4.69, 9.17) is 5.26 Å². The van der Waals surface area contributed by atoms with Crippen LogP contribution in [0.25, 0.3) is 6.08 Å². The number of hydrogen-bond acceptors (Lipinski definition) is 3. The minimum atomic E-state index is -0.0941. The second kappa shape index (κ2) is 5.80. The summed E-state index contributed by atoms with van der Waals surface area (Å²) in [5, 5.41) is 8.42. The third kappa shape index (κ3) is 3.06. The lowest BCUT2D eigenvalue weighted by Crippen LogP contribution is -1.94. The molecule has 0 aliphatic rings. The minimum absolute atomic E-state index is 0.0941. The predicted octanol–water partition coefficient (Wildman–Crippen LogP) is 3.43. The highest BCUT2D eigenvalue weighted by Gasteiger charge is 2.01. The van der Waals surface area contributed by atoms with Crippen LogP contribution in [0.2, 0.25) is 0 Å². The first-order valence-electron chi connectivity index (χ1n) is 5.48. The number of carbonyl (C=O) groups excluding carboxylic acids is 1. The van der Waals surface area contributed by atoms with Crippen LogP contribution in [0.5, 0.6) is 5.75 Å². The summed E-state index contributed by atoms with van der Waals surface area (Å²) in [6.07, 6.45) is 3.28. The molecule has 2 aromatic carbocycles.